The summed E-state index contributed by atoms with van der Waals surface area (Å²) in [6, 6.07) is 16.8. The maximum Gasteiger partial charge on any atom is 0.251 e. The summed E-state index contributed by atoms with van der Waals surface area (Å²) in [5, 5.41) is 5.29. The van der Waals surface area contributed by atoms with Crippen molar-refractivity contribution in [2.75, 3.05) is 18.5 Å². The zero-order chi connectivity index (χ0) is 25.7. The van der Waals surface area contributed by atoms with Crippen LogP contribution < -0.4 is 15.4 Å². The molecule has 3 N–H and O–H groups in total. The first-order valence-electron chi connectivity index (χ1n) is 11.0. The Morgan fingerprint density at radius 1 is 1.03 bits per heavy atom. The van der Waals surface area contributed by atoms with Gasteiger partial charge in [0.1, 0.15) is 16.8 Å². The molecule has 3 aromatic rings. The molecule has 0 bridgehead atoms. The van der Waals surface area contributed by atoms with Gasteiger partial charge >= 0.3 is 0 Å². The molecule has 0 saturated carbocycles. The van der Waals surface area contributed by atoms with Gasteiger partial charge in [-0.1, -0.05) is 41.9 Å². The summed E-state index contributed by atoms with van der Waals surface area (Å²) in [4.78, 5) is 25.7. The predicted octanol–water partition coefficient (Wildman–Crippen LogP) is 3.14. The molecule has 1 atom stereocenters. The lowest BCUT2D eigenvalue weighted by molar-refractivity contribution is -0.118. The summed E-state index contributed by atoms with van der Waals surface area (Å²) in [7, 11) is -3.86. The highest BCUT2D eigenvalue weighted by molar-refractivity contribution is 7.89. The molecule has 11 heteroatoms. The van der Waals surface area contributed by atoms with Gasteiger partial charge in [-0.15, -0.1) is 0 Å². The predicted molar refractivity (Wildman–Crippen MR) is 133 cm³/mol. The van der Waals surface area contributed by atoms with E-state index in [-0.39, 0.29) is 46.8 Å². The molecule has 36 heavy (non-hydrogen) atoms. The molecule has 1 heterocycles. The molecule has 1 aliphatic heterocycles. The van der Waals surface area contributed by atoms with Crippen molar-refractivity contribution in [3.8, 4) is 0 Å². The summed E-state index contributed by atoms with van der Waals surface area (Å²) in [5.74, 6) is -1.56. The summed E-state index contributed by atoms with van der Waals surface area (Å²) in [5.41, 5.74) is 1.26. The Bertz CT molecular complexity index is 1350. The number of ether oxygens (including phenoxy) is 1. The van der Waals surface area contributed by atoms with E-state index < -0.39 is 33.7 Å². The summed E-state index contributed by atoms with van der Waals surface area (Å²) in [6.07, 6.45) is 0.188. The first kappa shape index (κ1) is 25.8. The van der Waals surface area contributed by atoms with Crippen molar-refractivity contribution in [3.05, 3.63) is 94.8 Å². The van der Waals surface area contributed by atoms with Gasteiger partial charge in [-0.2, -0.15) is 0 Å². The maximum absolute atomic E-state index is 13.2. The van der Waals surface area contributed by atoms with Crippen molar-refractivity contribution in [3.63, 3.8) is 0 Å². The highest BCUT2D eigenvalue weighted by atomic mass is 35.5. The number of amides is 2. The Kier molecular flexibility index (Phi) is 8.00. The molecule has 2 amide bonds. The van der Waals surface area contributed by atoms with Crippen LogP contribution in [-0.2, 0) is 26.0 Å². The van der Waals surface area contributed by atoms with Crippen molar-refractivity contribution in [2.45, 2.75) is 23.4 Å². The lowest BCUT2D eigenvalue weighted by Gasteiger charge is -2.26. The Morgan fingerprint density at radius 3 is 2.33 bits per heavy atom. The largest absolute Gasteiger partial charge is 0.378 e. The lowest BCUT2D eigenvalue weighted by Crippen LogP contribution is -2.48. The van der Waals surface area contributed by atoms with E-state index in [9.17, 15) is 22.4 Å². The second kappa shape index (κ2) is 11.2. The van der Waals surface area contributed by atoms with Gasteiger partial charge in [0, 0.05) is 17.7 Å². The number of anilines is 1. The molecule has 0 radical (unpaired) electrons. The average Bonchev–Trinajstić information content (AvgIpc) is 2.82. The number of hydrogen-bond acceptors (Lipinski definition) is 5. The van der Waals surface area contributed by atoms with Crippen molar-refractivity contribution in [1.29, 1.82) is 0 Å². The first-order valence-corrected chi connectivity index (χ1v) is 12.9. The quantitative estimate of drug-likeness (QED) is 0.392. The van der Waals surface area contributed by atoms with Crippen LogP contribution in [0, 0.1) is 5.82 Å². The van der Waals surface area contributed by atoms with Gasteiger partial charge in [0.25, 0.3) is 5.91 Å². The summed E-state index contributed by atoms with van der Waals surface area (Å²) >= 11 is 6.23. The zero-order valence-corrected chi connectivity index (χ0v) is 20.5. The minimum Gasteiger partial charge on any atom is -0.378 e. The van der Waals surface area contributed by atoms with Gasteiger partial charge in [0.05, 0.1) is 24.3 Å². The minimum atomic E-state index is -3.86. The highest BCUT2D eigenvalue weighted by Gasteiger charge is 2.28. The third-order valence-electron chi connectivity index (χ3n) is 5.46. The molecule has 3 aromatic carbocycles. The number of carbonyl (C=O) groups excluding carboxylic acids is 2. The Hall–Kier alpha value is -3.31. The van der Waals surface area contributed by atoms with E-state index in [1.165, 1.54) is 30.3 Å². The SMILES string of the molecule is O=C(N[C@@H](Cc1ccccc1)C(=O)Nc1ccc(S(=O)(=O)NC2COC2)c(Cl)c1)c1ccc(F)cc1. The number of sulfonamides is 1. The monoisotopic (exact) mass is 531 g/mol. The van der Waals surface area contributed by atoms with E-state index in [0.717, 1.165) is 17.7 Å². The Morgan fingerprint density at radius 2 is 1.72 bits per heavy atom. The molecule has 1 fully saturated rings. The molecular formula is C25H23ClFN3O5S. The molecular weight excluding hydrogens is 509 g/mol. The van der Waals surface area contributed by atoms with Crippen molar-refractivity contribution < 1.29 is 27.1 Å². The molecule has 1 aliphatic rings. The van der Waals surface area contributed by atoms with Gasteiger partial charge in [0.15, 0.2) is 0 Å². The van der Waals surface area contributed by atoms with Crippen LogP contribution in [0.3, 0.4) is 0 Å². The number of benzene rings is 3. The molecule has 0 aromatic heterocycles. The number of hydrogen-bond donors (Lipinski definition) is 3. The van der Waals surface area contributed by atoms with Gasteiger partial charge in [0.2, 0.25) is 15.9 Å². The van der Waals surface area contributed by atoms with E-state index in [2.05, 4.69) is 15.4 Å². The smallest absolute Gasteiger partial charge is 0.251 e. The minimum absolute atomic E-state index is 0.0736. The van der Waals surface area contributed by atoms with Crippen molar-refractivity contribution in [2.24, 2.45) is 0 Å². The molecule has 0 aliphatic carbocycles. The molecule has 4 rings (SSSR count). The van der Waals surface area contributed by atoms with Gasteiger partial charge < -0.3 is 15.4 Å². The van der Waals surface area contributed by atoms with Crippen LogP contribution in [0.15, 0.2) is 77.7 Å². The standard InChI is InChI=1S/C25H23ClFN3O5S/c26-21-13-19(10-11-23(21)36(33,34)30-20-14-35-15-20)28-25(32)22(12-16-4-2-1-3-5-16)29-24(31)17-6-8-18(27)9-7-17/h1-11,13,20,22,30H,12,14-15H2,(H,28,32)(H,29,31)/t22-/m0/s1. The topological polar surface area (TPSA) is 114 Å². The second-order valence-electron chi connectivity index (χ2n) is 8.21. The fraction of sp³-hybridized carbons (Fsp3) is 0.200. The van der Waals surface area contributed by atoms with Gasteiger partial charge in [-0.25, -0.2) is 17.5 Å². The molecule has 8 nitrogen and oxygen atoms in total. The van der Waals surface area contributed by atoms with Crippen LogP contribution in [0.25, 0.3) is 0 Å². The lowest BCUT2D eigenvalue weighted by atomic mass is 10.0. The zero-order valence-electron chi connectivity index (χ0n) is 18.9. The third-order valence-corrected chi connectivity index (χ3v) is 7.46. The second-order valence-corrected chi connectivity index (χ2v) is 10.3. The van der Waals surface area contributed by atoms with E-state index in [4.69, 9.17) is 16.3 Å². The van der Waals surface area contributed by atoms with E-state index in [1.54, 1.807) is 0 Å². The maximum atomic E-state index is 13.2. The van der Waals surface area contributed by atoms with Gasteiger partial charge in [-0.05, 0) is 48.0 Å². The molecule has 0 unspecified atom stereocenters. The number of nitrogens with one attached hydrogen (secondary N) is 3. The third kappa shape index (κ3) is 6.46. The molecule has 188 valence electrons. The average molecular weight is 532 g/mol. The first-order chi connectivity index (χ1) is 17.2. The molecule has 0 spiro atoms. The van der Waals surface area contributed by atoms with E-state index in [1.807, 2.05) is 30.3 Å². The van der Waals surface area contributed by atoms with Crippen LogP contribution in [0.4, 0.5) is 10.1 Å². The Balaban J connectivity index is 1.50. The number of carbonyl (C=O) groups is 2. The number of halogens is 2. The van der Waals surface area contributed by atoms with Crippen LogP contribution in [0.1, 0.15) is 15.9 Å². The Labute approximate surface area is 212 Å². The van der Waals surface area contributed by atoms with E-state index in [0.29, 0.717) is 0 Å². The van der Waals surface area contributed by atoms with E-state index >= 15 is 0 Å². The summed E-state index contributed by atoms with van der Waals surface area (Å²) in [6.45, 7) is 0.578. The van der Waals surface area contributed by atoms with Crippen LogP contribution in [0.5, 0.6) is 0 Å². The fourth-order valence-corrected chi connectivity index (χ4v) is 5.26. The van der Waals surface area contributed by atoms with Crippen LogP contribution in [0.2, 0.25) is 5.02 Å². The summed E-state index contributed by atoms with van der Waals surface area (Å²) < 4.78 is 45.9. The van der Waals surface area contributed by atoms with Crippen molar-refractivity contribution in [1.82, 2.24) is 10.0 Å². The molecule has 1 saturated heterocycles. The highest BCUT2D eigenvalue weighted by Crippen LogP contribution is 2.26. The number of rotatable bonds is 9. The van der Waals surface area contributed by atoms with Crippen LogP contribution >= 0.6 is 11.6 Å². The van der Waals surface area contributed by atoms with Crippen molar-refractivity contribution >= 4 is 39.1 Å². The van der Waals surface area contributed by atoms with Crippen LogP contribution in [-0.4, -0.2) is 45.5 Å². The fourth-order valence-electron chi connectivity index (χ4n) is 3.51. The normalized spacial score (nSPS) is 14.5. The van der Waals surface area contributed by atoms with Gasteiger partial charge in [-0.3, -0.25) is 9.59 Å².